The molecule has 1 atom stereocenters. The van der Waals surface area contributed by atoms with Crippen LogP contribution in [0.15, 0.2) is 24.4 Å². The Bertz CT molecular complexity index is 632. The maximum absolute atomic E-state index is 5.20. The van der Waals surface area contributed by atoms with Crippen molar-refractivity contribution in [3.8, 4) is 11.5 Å². The minimum Gasteiger partial charge on any atom is -0.383 e. The summed E-state index contributed by atoms with van der Waals surface area (Å²) in [7, 11) is 1.71. The molecule has 2 N–H and O–H groups in total. The molecule has 0 unspecified atom stereocenters. The topological polar surface area (TPSA) is 72.0 Å². The van der Waals surface area contributed by atoms with Crippen LogP contribution in [0.1, 0.15) is 18.2 Å². The van der Waals surface area contributed by atoms with Crippen molar-refractivity contribution in [1.29, 1.82) is 0 Å². The summed E-state index contributed by atoms with van der Waals surface area (Å²) in [5, 5.41) is 6.81. The van der Waals surface area contributed by atoms with Crippen molar-refractivity contribution in [2.45, 2.75) is 25.9 Å². The number of anilines is 1. The number of aromatic nitrogens is 3. The van der Waals surface area contributed by atoms with E-state index in [2.05, 4.69) is 22.5 Å². The average molecular weight is 299 g/mol. The van der Waals surface area contributed by atoms with Crippen molar-refractivity contribution in [3.63, 3.8) is 0 Å². The van der Waals surface area contributed by atoms with E-state index in [0.29, 0.717) is 12.4 Å². The zero-order chi connectivity index (χ0) is 15.4. The van der Waals surface area contributed by atoms with Gasteiger partial charge in [-0.3, -0.25) is 4.98 Å². The van der Waals surface area contributed by atoms with E-state index in [1.165, 1.54) is 5.56 Å². The summed E-state index contributed by atoms with van der Waals surface area (Å²) >= 11 is 0. The first-order valence-corrected chi connectivity index (χ1v) is 7.55. The van der Waals surface area contributed by atoms with Crippen LogP contribution < -0.4 is 10.6 Å². The molecule has 22 heavy (non-hydrogen) atoms. The highest BCUT2D eigenvalue weighted by molar-refractivity contribution is 5.57. The largest absolute Gasteiger partial charge is 0.383 e. The lowest BCUT2D eigenvalue weighted by atomic mass is 10.1. The van der Waals surface area contributed by atoms with Gasteiger partial charge in [-0.2, -0.15) is 0 Å². The maximum Gasteiger partial charge on any atom is 0.180 e. The lowest BCUT2D eigenvalue weighted by Crippen LogP contribution is -2.29. The lowest BCUT2D eigenvalue weighted by molar-refractivity contribution is 0.190. The van der Waals surface area contributed by atoms with E-state index in [1.54, 1.807) is 13.3 Å². The standard InChI is InChI=1S/C16H21N5O/c1-11(10-22-2)19-15-12-6-8-17-9-14(12)20-16(21-15)13-5-3-4-7-18-13/h3-5,7,11,17H,6,8-10H2,1-2H3,(H,19,20,21)/t11-/m0/s1. The van der Waals surface area contributed by atoms with Gasteiger partial charge in [0.05, 0.1) is 12.3 Å². The number of nitrogens with zero attached hydrogens (tertiary/aromatic N) is 3. The highest BCUT2D eigenvalue weighted by Crippen LogP contribution is 2.24. The van der Waals surface area contributed by atoms with Crippen molar-refractivity contribution in [2.75, 3.05) is 25.6 Å². The molecule has 0 saturated heterocycles. The molecule has 0 spiro atoms. The average Bonchev–Trinajstić information content (AvgIpc) is 2.56. The van der Waals surface area contributed by atoms with Crippen LogP contribution in [0.3, 0.4) is 0 Å². The Morgan fingerprint density at radius 1 is 1.36 bits per heavy atom. The fraction of sp³-hybridized carbons (Fsp3) is 0.438. The third-order valence-electron chi connectivity index (χ3n) is 3.63. The number of pyridine rings is 1. The number of rotatable bonds is 5. The van der Waals surface area contributed by atoms with Crippen LogP contribution in [0, 0.1) is 0 Å². The molecule has 0 fully saturated rings. The van der Waals surface area contributed by atoms with Gasteiger partial charge < -0.3 is 15.4 Å². The Kier molecular flexibility index (Phi) is 4.60. The van der Waals surface area contributed by atoms with Crippen LogP contribution in [0.2, 0.25) is 0 Å². The molecule has 0 aromatic carbocycles. The van der Waals surface area contributed by atoms with E-state index in [0.717, 1.165) is 36.7 Å². The summed E-state index contributed by atoms with van der Waals surface area (Å²) in [6, 6.07) is 5.96. The van der Waals surface area contributed by atoms with Crippen molar-refractivity contribution in [1.82, 2.24) is 20.3 Å². The summed E-state index contributed by atoms with van der Waals surface area (Å²) in [5.74, 6) is 1.56. The minimum atomic E-state index is 0.190. The smallest absolute Gasteiger partial charge is 0.180 e. The van der Waals surface area contributed by atoms with Gasteiger partial charge in [0.25, 0.3) is 0 Å². The predicted molar refractivity (Wildman–Crippen MR) is 85.6 cm³/mol. The molecule has 6 nitrogen and oxygen atoms in total. The number of nitrogens with one attached hydrogen (secondary N) is 2. The first kappa shape index (κ1) is 14.9. The number of fused-ring (bicyclic) bond motifs is 1. The molecule has 3 heterocycles. The Hall–Kier alpha value is -2.05. The van der Waals surface area contributed by atoms with Crippen molar-refractivity contribution in [2.24, 2.45) is 0 Å². The number of methoxy groups -OCH3 is 1. The molecule has 0 radical (unpaired) electrons. The Balaban J connectivity index is 1.99. The first-order valence-electron chi connectivity index (χ1n) is 7.55. The minimum absolute atomic E-state index is 0.190. The summed E-state index contributed by atoms with van der Waals surface area (Å²) in [6.07, 6.45) is 2.69. The van der Waals surface area contributed by atoms with E-state index >= 15 is 0 Å². The van der Waals surface area contributed by atoms with Gasteiger partial charge in [-0.1, -0.05) is 6.07 Å². The molecular formula is C16H21N5O. The third-order valence-corrected chi connectivity index (χ3v) is 3.63. The van der Waals surface area contributed by atoms with Crippen LogP contribution in [-0.4, -0.2) is 41.3 Å². The monoisotopic (exact) mass is 299 g/mol. The van der Waals surface area contributed by atoms with Crippen LogP contribution >= 0.6 is 0 Å². The quantitative estimate of drug-likeness (QED) is 0.874. The van der Waals surface area contributed by atoms with E-state index in [-0.39, 0.29) is 6.04 Å². The Morgan fingerprint density at radius 2 is 2.27 bits per heavy atom. The van der Waals surface area contributed by atoms with Gasteiger partial charge in [0.2, 0.25) is 0 Å². The second-order valence-corrected chi connectivity index (χ2v) is 5.46. The van der Waals surface area contributed by atoms with Gasteiger partial charge in [0.15, 0.2) is 5.82 Å². The number of hydrogen-bond donors (Lipinski definition) is 2. The number of hydrogen-bond acceptors (Lipinski definition) is 6. The van der Waals surface area contributed by atoms with E-state index in [4.69, 9.17) is 14.7 Å². The predicted octanol–water partition coefficient (Wildman–Crippen LogP) is 1.63. The third kappa shape index (κ3) is 3.23. The highest BCUT2D eigenvalue weighted by atomic mass is 16.5. The molecule has 1 aliphatic heterocycles. The molecule has 6 heteroatoms. The van der Waals surface area contributed by atoms with Gasteiger partial charge >= 0.3 is 0 Å². The maximum atomic E-state index is 5.20. The molecular weight excluding hydrogens is 278 g/mol. The fourth-order valence-electron chi connectivity index (χ4n) is 2.61. The van der Waals surface area contributed by atoms with E-state index in [1.807, 2.05) is 18.2 Å². The Morgan fingerprint density at radius 3 is 3.05 bits per heavy atom. The van der Waals surface area contributed by atoms with Gasteiger partial charge in [-0.25, -0.2) is 9.97 Å². The zero-order valence-corrected chi connectivity index (χ0v) is 13.0. The molecule has 2 aromatic heterocycles. The van der Waals surface area contributed by atoms with Crippen molar-refractivity contribution < 1.29 is 4.74 Å². The fourth-order valence-corrected chi connectivity index (χ4v) is 2.61. The van der Waals surface area contributed by atoms with Crippen LogP contribution in [0.25, 0.3) is 11.5 Å². The Labute approximate surface area is 130 Å². The molecule has 1 aliphatic rings. The van der Waals surface area contributed by atoms with E-state index < -0.39 is 0 Å². The molecule has 0 amide bonds. The van der Waals surface area contributed by atoms with Gasteiger partial charge in [0.1, 0.15) is 11.5 Å². The second kappa shape index (κ2) is 6.81. The summed E-state index contributed by atoms with van der Waals surface area (Å²) < 4.78 is 5.20. The molecule has 116 valence electrons. The number of ether oxygens (including phenoxy) is 1. The molecule has 3 rings (SSSR count). The highest BCUT2D eigenvalue weighted by Gasteiger charge is 2.19. The molecule has 0 saturated carbocycles. The lowest BCUT2D eigenvalue weighted by Gasteiger charge is -2.22. The molecule has 0 aliphatic carbocycles. The summed E-state index contributed by atoms with van der Waals surface area (Å²) in [4.78, 5) is 13.8. The first-order chi connectivity index (χ1) is 10.8. The zero-order valence-electron chi connectivity index (χ0n) is 13.0. The molecule has 0 bridgehead atoms. The summed E-state index contributed by atoms with van der Waals surface area (Å²) in [6.45, 7) is 4.44. The van der Waals surface area contributed by atoms with Gasteiger partial charge in [-0.05, 0) is 32.0 Å². The van der Waals surface area contributed by atoms with Crippen LogP contribution in [0.4, 0.5) is 5.82 Å². The SMILES string of the molecule is COC[C@H](C)Nc1nc(-c2ccccn2)nc2c1CCNC2. The summed E-state index contributed by atoms with van der Waals surface area (Å²) in [5.41, 5.74) is 3.04. The van der Waals surface area contributed by atoms with Gasteiger partial charge in [0, 0.05) is 31.5 Å². The van der Waals surface area contributed by atoms with Crippen molar-refractivity contribution >= 4 is 5.82 Å². The van der Waals surface area contributed by atoms with Gasteiger partial charge in [-0.15, -0.1) is 0 Å². The van der Waals surface area contributed by atoms with Crippen molar-refractivity contribution in [3.05, 3.63) is 35.7 Å². The second-order valence-electron chi connectivity index (χ2n) is 5.46. The normalized spacial score (nSPS) is 15.2. The van der Waals surface area contributed by atoms with Crippen LogP contribution in [-0.2, 0) is 17.7 Å². The van der Waals surface area contributed by atoms with E-state index in [9.17, 15) is 0 Å². The molecule has 2 aromatic rings. The van der Waals surface area contributed by atoms with Crippen LogP contribution in [0.5, 0.6) is 0 Å².